The second-order valence-corrected chi connectivity index (χ2v) is 14.7. The van der Waals surface area contributed by atoms with Crippen LogP contribution in [0.1, 0.15) is 52.4 Å². The molecule has 0 amide bonds. The summed E-state index contributed by atoms with van der Waals surface area (Å²) in [6.45, 7) is 4.70. The van der Waals surface area contributed by atoms with Gasteiger partial charge in [-0.3, -0.25) is 0 Å². The summed E-state index contributed by atoms with van der Waals surface area (Å²) in [5.41, 5.74) is 0. The maximum Gasteiger partial charge on any atom is 0.0267 e. The van der Waals surface area contributed by atoms with E-state index in [1.54, 1.807) is 0 Å². The van der Waals surface area contributed by atoms with Gasteiger partial charge in [-0.15, -0.1) is 0 Å². The van der Waals surface area contributed by atoms with E-state index in [2.05, 4.69) is 135 Å². The van der Waals surface area contributed by atoms with Crippen molar-refractivity contribution in [2.24, 2.45) is 0 Å². The summed E-state index contributed by atoms with van der Waals surface area (Å²) >= 11 is 0. The molecule has 0 atom stereocenters. The quantitative estimate of drug-likeness (QED) is 0.173. The summed E-state index contributed by atoms with van der Waals surface area (Å²) in [4.78, 5) is 0.183. The number of unbranched alkanes of at least 4 members (excludes halogenated alkanes) is 2. The Hall–Kier alpha value is -2.26. The molecule has 2 heteroatoms. The fourth-order valence-corrected chi connectivity index (χ4v) is 13.3. The number of rotatable bonds is 12. The van der Waals surface area contributed by atoms with E-state index >= 15 is 0 Å². The number of benzene rings is 4. The van der Waals surface area contributed by atoms with Gasteiger partial charge in [-0.2, -0.15) is 0 Å². The lowest BCUT2D eigenvalue weighted by Crippen LogP contribution is -2.39. The van der Waals surface area contributed by atoms with Crippen molar-refractivity contribution >= 4 is 37.1 Å². The molecular formula is C33H38P2. The van der Waals surface area contributed by atoms with Gasteiger partial charge in [0.25, 0.3) is 0 Å². The second-order valence-electron chi connectivity index (χ2n) is 9.20. The first kappa shape index (κ1) is 25.8. The molecule has 0 heterocycles. The standard InChI is InChI=1S/C33H38P2/c1-3-5-27-33(28-6-4-2,34(29-19-11-7-12-20-29)30-21-13-8-14-22-30)35(31-23-15-9-16-24-31)32-25-17-10-18-26-32/h7-26H,3-6,27-28H2,1-2H3. The van der Waals surface area contributed by atoms with Crippen LogP contribution in [0.3, 0.4) is 0 Å². The van der Waals surface area contributed by atoms with Crippen molar-refractivity contribution in [3.63, 3.8) is 0 Å². The maximum atomic E-state index is 2.40. The number of hydrogen-bond donors (Lipinski definition) is 0. The van der Waals surface area contributed by atoms with Crippen LogP contribution in [-0.2, 0) is 0 Å². The topological polar surface area (TPSA) is 0 Å². The van der Waals surface area contributed by atoms with E-state index in [1.165, 1.54) is 59.7 Å². The van der Waals surface area contributed by atoms with Crippen molar-refractivity contribution < 1.29 is 0 Å². The molecular weight excluding hydrogens is 458 g/mol. The van der Waals surface area contributed by atoms with E-state index in [4.69, 9.17) is 0 Å². The molecule has 180 valence electrons. The zero-order valence-corrected chi connectivity index (χ0v) is 23.0. The van der Waals surface area contributed by atoms with Crippen LogP contribution in [0.2, 0.25) is 0 Å². The summed E-state index contributed by atoms with van der Waals surface area (Å²) in [5, 5.41) is 6.06. The molecule has 0 aliphatic rings. The van der Waals surface area contributed by atoms with Crippen LogP contribution in [0.25, 0.3) is 0 Å². The molecule has 0 spiro atoms. The van der Waals surface area contributed by atoms with Crippen LogP contribution in [0, 0.1) is 0 Å². The minimum atomic E-state index is -0.580. The molecule has 0 saturated carbocycles. The molecule has 35 heavy (non-hydrogen) atoms. The highest BCUT2D eigenvalue weighted by atomic mass is 31.2. The highest BCUT2D eigenvalue weighted by molar-refractivity contribution is 7.90. The van der Waals surface area contributed by atoms with Gasteiger partial charge < -0.3 is 0 Å². The van der Waals surface area contributed by atoms with Gasteiger partial charge in [-0.1, -0.05) is 161 Å². The van der Waals surface area contributed by atoms with Crippen molar-refractivity contribution in [1.82, 2.24) is 0 Å². The minimum absolute atomic E-state index is 0.183. The van der Waals surface area contributed by atoms with Crippen molar-refractivity contribution in [1.29, 1.82) is 0 Å². The van der Waals surface area contributed by atoms with Crippen LogP contribution in [0.5, 0.6) is 0 Å². The molecule has 0 aliphatic carbocycles. The molecule has 0 N–H and O–H groups in total. The fraction of sp³-hybridized carbons (Fsp3) is 0.273. The Labute approximate surface area is 215 Å². The van der Waals surface area contributed by atoms with Crippen LogP contribution in [0.15, 0.2) is 121 Å². The lowest BCUT2D eigenvalue weighted by molar-refractivity contribution is 0.575. The fourth-order valence-electron chi connectivity index (χ4n) is 5.16. The SMILES string of the molecule is CCCCC(CCCC)(P(c1ccccc1)c1ccccc1)P(c1ccccc1)c1ccccc1. The number of hydrogen-bond acceptors (Lipinski definition) is 0. The van der Waals surface area contributed by atoms with Crippen LogP contribution in [0.4, 0.5) is 0 Å². The molecule has 0 aromatic heterocycles. The summed E-state index contributed by atoms with van der Waals surface area (Å²) < 4.78 is 0. The van der Waals surface area contributed by atoms with Crippen LogP contribution >= 0.6 is 15.8 Å². The van der Waals surface area contributed by atoms with Gasteiger partial charge in [-0.25, -0.2) is 0 Å². The van der Waals surface area contributed by atoms with E-state index in [-0.39, 0.29) is 4.90 Å². The van der Waals surface area contributed by atoms with Crippen molar-refractivity contribution in [2.75, 3.05) is 0 Å². The zero-order valence-electron chi connectivity index (χ0n) is 21.2. The Kier molecular flexibility index (Phi) is 9.71. The van der Waals surface area contributed by atoms with E-state index in [0.717, 1.165) is 0 Å². The molecule has 0 fully saturated rings. The molecule has 0 bridgehead atoms. The molecule has 0 saturated heterocycles. The first-order valence-electron chi connectivity index (χ1n) is 13.1. The third-order valence-electron chi connectivity index (χ3n) is 6.75. The monoisotopic (exact) mass is 496 g/mol. The molecule has 4 rings (SSSR count). The second kappa shape index (κ2) is 13.2. The van der Waals surface area contributed by atoms with E-state index < -0.39 is 15.8 Å². The van der Waals surface area contributed by atoms with Gasteiger partial charge in [0.15, 0.2) is 0 Å². The van der Waals surface area contributed by atoms with Crippen LogP contribution < -0.4 is 21.2 Å². The lowest BCUT2D eigenvalue weighted by atomic mass is 10.1. The van der Waals surface area contributed by atoms with E-state index in [0.29, 0.717) is 0 Å². The van der Waals surface area contributed by atoms with Gasteiger partial charge in [-0.05, 0) is 49.9 Å². The average molecular weight is 497 g/mol. The zero-order chi connectivity index (χ0) is 24.3. The Morgan fingerprint density at radius 1 is 0.429 bits per heavy atom. The first-order valence-corrected chi connectivity index (χ1v) is 15.8. The first-order chi connectivity index (χ1) is 17.3. The van der Waals surface area contributed by atoms with Gasteiger partial charge in [0, 0.05) is 4.90 Å². The predicted molar refractivity (Wildman–Crippen MR) is 160 cm³/mol. The summed E-state index contributed by atoms with van der Waals surface area (Å²) in [6.07, 6.45) is 7.51. The van der Waals surface area contributed by atoms with Gasteiger partial charge in [0.1, 0.15) is 0 Å². The highest BCUT2D eigenvalue weighted by Gasteiger charge is 2.46. The summed E-state index contributed by atoms with van der Waals surface area (Å²) in [7, 11) is -1.16. The van der Waals surface area contributed by atoms with E-state index in [9.17, 15) is 0 Å². The summed E-state index contributed by atoms with van der Waals surface area (Å²) in [6, 6.07) is 45.8. The molecule has 0 radical (unpaired) electrons. The van der Waals surface area contributed by atoms with Crippen molar-refractivity contribution in [2.45, 2.75) is 57.3 Å². The molecule has 0 unspecified atom stereocenters. The van der Waals surface area contributed by atoms with E-state index in [1.807, 2.05) is 0 Å². The average Bonchev–Trinajstić information content (AvgIpc) is 2.93. The molecule has 0 nitrogen and oxygen atoms in total. The summed E-state index contributed by atoms with van der Waals surface area (Å²) in [5.74, 6) is 0. The molecule has 0 aliphatic heterocycles. The Balaban J connectivity index is 2.04. The molecule has 4 aromatic carbocycles. The Morgan fingerprint density at radius 3 is 0.914 bits per heavy atom. The Bertz CT molecular complexity index is 939. The van der Waals surface area contributed by atoms with Crippen LogP contribution in [-0.4, -0.2) is 4.90 Å². The van der Waals surface area contributed by atoms with Gasteiger partial charge in [0.2, 0.25) is 0 Å². The Morgan fingerprint density at radius 2 is 0.686 bits per heavy atom. The molecule has 4 aromatic rings. The largest absolute Gasteiger partial charge is 0.0654 e. The third-order valence-corrected chi connectivity index (χ3v) is 13.8. The van der Waals surface area contributed by atoms with Gasteiger partial charge >= 0.3 is 0 Å². The van der Waals surface area contributed by atoms with Crippen molar-refractivity contribution in [3.05, 3.63) is 121 Å². The van der Waals surface area contributed by atoms with Crippen molar-refractivity contribution in [3.8, 4) is 0 Å². The normalized spacial score (nSPS) is 11.8. The third kappa shape index (κ3) is 6.12. The lowest BCUT2D eigenvalue weighted by Gasteiger charge is -2.48. The highest BCUT2D eigenvalue weighted by Crippen LogP contribution is 2.69. The smallest absolute Gasteiger partial charge is 0.0267 e. The predicted octanol–water partition coefficient (Wildman–Crippen LogP) is 8.33. The van der Waals surface area contributed by atoms with Gasteiger partial charge in [0.05, 0.1) is 0 Å². The minimum Gasteiger partial charge on any atom is -0.0654 e. The maximum absolute atomic E-state index is 2.40.